The first-order valence-corrected chi connectivity index (χ1v) is 7.05. The Morgan fingerprint density at radius 1 is 1.16 bits per heavy atom. The fourth-order valence-corrected chi connectivity index (χ4v) is 2.39. The summed E-state index contributed by atoms with van der Waals surface area (Å²) in [6.07, 6.45) is 6.36. The van der Waals surface area contributed by atoms with Crippen LogP contribution in [-0.2, 0) is 13.5 Å². The Bertz CT molecular complexity index is 499. The molecule has 1 N–H and O–H groups in total. The van der Waals surface area contributed by atoms with Crippen molar-refractivity contribution in [2.45, 2.75) is 32.7 Å². The van der Waals surface area contributed by atoms with Gasteiger partial charge in [-0.25, -0.2) is 0 Å². The summed E-state index contributed by atoms with van der Waals surface area (Å²) < 4.78 is 1.85. The maximum absolute atomic E-state index is 4.27. The van der Waals surface area contributed by atoms with Crippen LogP contribution >= 0.6 is 0 Å². The maximum atomic E-state index is 4.27. The lowest BCUT2D eigenvalue weighted by Crippen LogP contribution is -2.21. The summed E-state index contributed by atoms with van der Waals surface area (Å²) in [6.45, 7) is 5.29. The zero-order valence-electron chi connectivity index (χ0n) is 12.1. The summed E-state index contributed by atoms with van der Waals surface area (Å²) in [5, 5.41) is 7.80. The number of rotatable bonds is 6. The van der Waals surface area contributed by atoms with Crippen LogP contribution in [0.25, 0.3) is 0 Å². The molecule has 0 saturated heterocycles. The molecule has 0 bridgehead atoms. The van der Waals surface area contributed by atoms with Crippen molar-refractivity contribution in [1.29, 1.82) is 0 Å². The molecular weight excluding hydrogens is 234 g/mol. The number of hydrogen-bond acceptors (Lipinski definition) is 2. The van der Waals surface area contributed by atoms with E-state index in [9.17, 15) is 0 Å². The molecule has 3 nitrogen and oxygen atoms in total. The van der Waals surface area contributed by atoms with E-state index in [1.54, 1.807) is 0 Å². The van der Waals surface area contributed by atoms with Crippen LogP contribution in [-0.4, -0.2) is 16.3 Å². The van der Waals surface area contributed by atoms with E-state index in [0.29, 0.717) is 0 Å². The molecule has 0 spiro atoms. The predicted molar refractivity (Wildman–Crippen MR) is 79.2 cm³/mol. The van der Waals surface area contributed by atoms with Crippen molar-refractivity contribution in [1.82, 2.24) is 15.1 Å². The van der Waals surface area contributed by atoms with Gasteiger partial charge in [-0.3, -0.25) is 4.68 Å². The van der Waals surface area contributed by atoms with Crippen LogP contribution in [0.2, 0.25) is 0 Å². The Labute approximate surface area is 115 Å². The smallest absolute Gasteiger partial charge is 0.0607 e. The van der Waals surface area contributed by atoms with Gasteiger partial charge in [0, 0.05) is 18.8 Å². The average molecular weight is 257 g/mol. The van der Waals surface area contributed by atoms with Gasteiger partial charge in [-0.1, -0.05) is 44.5 Å². The molecule has 0 radical (unpaired) electrons. The van der Waals surface area contributed by atoms with E-state index < -0.39 is 0 Å². The number of nitrogens with one attached hydrogen (secondary N) is 1. The van der Waals surface area contributed by atoms with E-state index in [0.717, 1.165) is 13.0 Å². The molecule has 3 heteroatoms. The molecule has 102 valence electrons. The summed E-state index contributed by atoms with van der Waals surface area (Å²) in [6, 6.07) is 9.16. The largest absolute Gasteiger partial charge is 0.306 e. The molecule has 0 amide bonds. The van der Waals surface area contributed by atoms with Crippen molar-refractivity contribution in [3.05, 3.63) is 53.3 Å². The minimum absolute atomic E-state index is 0.231. The van der Waals surface area contributed by atoms with Crippen LogP contribution < -0.4 is 5.32 Å². The lowest BCUT2D eigenvalue weighted by molar-refractivity contribution is 0.629. The van der Waals surface area contributed by atoms with Gasteiger partial charge in [0.15, 0.2) is 0 Å². The van der Waals surface area contributed by atoms with Crippen LogP contribution in [0.15, 0.2) is 36.7 Å². The zero-order valence-corrected chi connectivity index (χ0v) is 12.1. The normalized spacial score (nSPS) is 12.6. The van der Waals surface area contributed by atoms with Crippen LogP contribution in [0.5, 0.6) is 0 Å². The number of aromatic nitrogens is 2. The maximum Gasteiger partial charge on any atom is 0.0607 e. The third-order valence-electron chi connectivity index (χ3n) is 3.32. The van der Waals surface area contributed by atoms with E-state index in [-0.39, 0.29) is 6.04 Å². The summed E-state index contributed by atoms with van der Waals surface area (Å²) in [7, 11) is 1.96. The Balaban J connectivity index is 2.23. The number of hydrogen-bond donors (Lipinski definition) is 1. The highest BCUT2D eigenvalue weighted by molar-refractivity contribution is 5.31. The topological polar surface area (TPSA) is 29.9 Å². The fraction of sp³-hybridized carbons (Fsp3) is 0.438. The molecular formula is C16H23N3. The molecule has 2 rings (SSSR count). The molecule has 0 fully saturated rings. The van der Waals surface area contributed by atoms with Gasteiger partial charge in [-0.15, -0.1) is 0 Å². The molecule has 1 aromatic carbocycles. The number of benzene rings is 1. The highest BCUT2D eigenvalue weighted by Crippen LogP contribution is 2.22. The van der Waals surface area contributed by atoms with E-state index in [2.05, 4.69) is 54.7 Å². The van der Waals surface area contributed by atoms with E-state index in [1.165, 1.54) is 23.1 Å². The molecule has 0 aliphatic heterocycles. The molecule has 0 aliphatic carbocycles. The van der Waals surface area contributed by atoms with Gasteiger partial charge in [0.2, 0.25) is 0 Å². The Hall–Kier alpha value is -1.61. The van der Waals surface area contributed by atoms with Gasteiger partial charge >= 0.3 is 0 Å². The fourth-order valence-electron chi connectivity index (χ4n) is 2.39. The monoisotopic (exact) mass is 257 g/mol. The first-order valence-electron chi connectivity index (χ1n) is 7.05. The van der Waals surface area contributed by atoms with Gasteiger partial charge in [0.05, 0.1) is 12.2 Å². The molecule has 0 saturated carbocycles. The predicted octanol–water partition coefficient (Wildman–Crippen LogP) is 3.07. The molecule has 1 aromatic heterocycles. The van der Waals surface area contributed by atoms with Gasteiger partial charge < -0.3 is 5.32 Å². The van der Waals surface area contributed by atoms with E-state index in [1.807, 2.05) is 17.9 Å². The van der Waals surface area contributed by atoms with Gasteiger partial charge in [-0.05, 0) is 24.1 Å². The molecule has 19 heavy (non-hydrogen) atoms. The van der Waals surface area contributed by atoms with E-state index in [4.69, 9.17) is 0 Å². The van der Waals surface area contributed by atoms with Crippen molar-refractivity contribution in [2.24, 2.45) is 7.05 Å². The van der Waals surface area contributed by atoms with Crippen molar-refractivity contribution < 1.29 is 0 Å². The Morgan fingerprint density at radius 3 is 2.42 bits per heavy atom. The minimum Gasteiger partial charge on any atom is -0.306 e. The minimum atomic E-state index is 0.231. The molecule has 0 aliphatic rings. The van der Waals surface area contributed by atoms with Crippen LogP contribution in [0.4, 0.5) is 0 Å². The van der Waals surface area contributed by atoms with Crippen LogP contribution in [0.3, 0.4) is 0 Å². The summed E-state index contributed by atoms with van der Waals surface area (Å²) in [4.78, 5) is 0. The summed E-state index contributed by atoms with van der Waals surface area (Å²) >= 11 is 0. The van der Waals surface area contributed by atoms with Crippen molar-refractivity contribution >= 4 is 0 Å². The second-order valence-electron chi connectivity index (χ2n) is 4.93. The van der Waals surface area contributed by atoms with Crippen molar-refractivity contribution in [2.75, 3.05) is 6.54 Å². The SMILES string of the molecule is CCCc1ccc(C(NCC)c2cnn(C)c2)cc1. The third kappa shape index (κ3) is 3.44. The number of aryl methyl sites for hydroxylation is 2. The second-order valence-corrected chi connectivity index (χ2v) is 4.93. The van der Waals surface area contributed by atoms with Crippen molar-refractivity contribution in [3.63, 3.8) is 0 Å². The number of nitrogens with zero attached hydrogens (tertiary/aromatic N) is 2. The molecule has 1 unspecified atom stereocenters. The van der Waals surface area contributed by atoms with Gasteiger partial charge in [0.25, 0.3) is 0 Å². The highest BCUT2D eigenvalue weighted by atomic mass is 15.2. The highest BCUT2D eigenvalue weighted by Gasteiger charge is 2.14. The van der Waals surface area contributed by atoms with E-state index >= 15 is 0 Å². The Morgan fingerprint density at radius 2 is 1.89 bits per heavy atom. The van der Waals surface area contributed by atoms with Crippen LogP contribution in [0, 0.1) is 0 Å². The summed E-state index contributed by atoms with van der Waals surface area (Å²) in [5.74, 6) is 0. The van der Waals surface area contributed by atoms with Crippen molar-refractivity contribution in [3.8, 4) is 0 Å². The third-order valence-corrected chi connectivity index (χ3v) is 3.32. The lowest BCUT2D eigenvalue weighted by atomic mass is 9.99. The van der Waals surface area contributed by atoms with Gasteiger partial charge in [-0.2, -0.15) is 5.10 Å². The zero-order chi connectivity index (χ0) is 13.7. The second kappa shape index (κ2) is 6.53. The molecule has 1 atom stereocenters. The van der Waals surface area contributed by atoms with Crippen LogP contribution in [0.1, 0.15) is 43.0 Å². The first kappa shape index (κ1) is 13.8. The standard InChI is InChI=1S/C16H23N3/c1-4-6-13-7-9-14(10-8-13)16(17-5-2)15-11-18-19(3)12-15/h7-12,16-17H,4-6H2,1-3H3. The Kier molecular flexibility index (Phi) is 4.74. The van der Waals surface area contributed by atoms with Gasteiger partial charge in [0.1, 0.15) is 0 Å². The lowest BCUT2D eigenvalue weighted by Gasteiger charge is -2.17. The average Bonchev–Trinajstić information content (AvgIpc) is 2.84. The summed E-state index contributed by atoms with van der Waals surface area (Å²) in [5.41, 5.74) is 3.93. The quantitative estimate of drug-likeness (QED) is 0.862. The molecule has 2 aromatic rings. The molecule has 1 heterocycles. The first-order chi connectivity index (χ1) is 9.24.